The SMILES string of the molecule is COc1ccccc1OC(C)c1nnc(SCC(=O)Nc2cc(C)c(C)cc2Br)n1-c1ccccc1. The average Bonchev–Trinajstić information content (AvgIpc) is 3.31. The summed E-state index contributed by atoms with van der Waals surface area (Å²) < 4.78 is 14.4. The number of nitrogens with zero attached hydrogens (tertiary/aromatic N) is 3. The van der Waals surface area contributed by atoms with Gasteiger partial charge in [-0.2, -0.15) is 0 Å². The van der Waals surface area contributed by atoms with Crippen LogP contribution in [0.5, 0.6) is 11.5 Å². The maximum absolute atomic E-state index is 12.8. The van der Waals surface area contributed by atoms with Crippen LogP contribution < -0.4 is 14.8 Å². The minimum atomic E-state index is -0.427. The van der Waals surface area contributed by atoms with Crippen LogP contribution >= 0.6 is 27.7 Å². The topological polar surface area (TPSA) is 78.3 Å². The number of aromatic nitrogens is 3. The van der Waals surface area contributed by atoms with Crippen LogP contribution in [0, 0.1) is 13.8 Å². The van der Waals surface area contributed by atoms with Gasteiger partial charge in [0.25, 0.3) is 0 Å². The Balaban J connectivity index is 1.55. The van der Waals surface area contributed by atoms with Crippen molar-refractivity contribution in [1.82, 2.24) is 14.8 Å². The first-order valence-corrected chi connectivity index (χ1v) is 13.1. The van der Waals surface area contributed by atoms with Crippen LogP contribution in [0.25, 0.3) is 5.69 Å². The van der Waals surface area contributed by atoms with E-state index in [-0.39, 0.29) is 11.7 Å². The molecule has 1 unspecified atom stereocenters. The highest BCUT2D eigenvalue weighted by atomic mass is 79.9. The molecule has 1 heterocycles. The lowest BCUT2D eigenvalue weighted by molar-refractivity contribution is -0.113. The van der Waals surface area contributed by atoms with E-state index in [9.17, 15) is 4.79 Å². The summed E-state index contributed by atoms with van der Waals surface area (Å²) >= 11 is 4.85. The molecule has 4 aromatic rings. The summed E-state index contributed by atoms with van der Waals surface area (Å²) in [6.45, 7) is 5.97. The second-order valence-electron chi connectivity index (χ2n) is 8.18. The van der Waals surface area contributed by atoms with Crippen molar-refractivity contribution in [2.24, 2.45) is 0 Å². The highest BCUT2D eigenvalue weighted by Crippen LogP contribution is 2.32. The minimum absolute atomic E-state index is 0.133. The normalized spacial score (nSPS) is 11.7. The van der Waals surface area contributed by atoms with E-state index in [1.54, 1.807) is 7.11 Å². The lowest BCUT2D eigenvalue weighted by Gasteiger charge is -2.18. The molecule has 0 fully saturated rings. The number of carbonyl (C=O) groups excluding carboxylic acids is 1. The zero-order valence-corrected chi connectivity index (χ0v) is 22.9. The van der Waals surface area contributed by atoms with Gasteiger partial charge < -0.3 is 14.8 Å². The molecule has 4 rings (SSSR count). The van der Waals surface area contributed by atoms with Crippen LogP contribution in [0.1, 0.15) is 30.0 Å². The average molecular weight is 568 g/mol. The number of hydrogen-bond acceptors (Lipinski definition) is 6. The van der Waals surface area contributed by atoms with E-state index < -0.39 is 6.10 Å². The summed E-state index contributed by atoms with van der Waals surface area (Å²) in [5.41, 5.74) is 3.89. The molecular formula is C27H27BrN4O3S. The summed E-state index contributed by atoms with van der Waals surface area (Å²) in [4.78, 5) is 12.8. The molecule has 0 saturated heterocycles. The lowest BCUT2D eigenvalue weighted by atomic mass is 10.1. The number of hydrogen-bond donors (Lipinski definition) is 1. The third-order valence-electron chi connectivity index (χ3n) is 5.60. The van der Waals surface area contributed by atoms with E-state index >= 15 is 0 Å². The predicted molar refractivity (Wildman–Crippen MR) is 146 cm³/mol. The number of halogens is 1. The zero-order chi connectivity index (χ0) is 25.7. The molecule has 1 N–H and O–H groups in total. The van der Waals surface area contributed by atoms with Crippen LogP contribution in [-0.2, 0) is 4.79 Å². The molecule has 7 nitrogen and oxygen atoms in total. The molecule has 0 aliphatic heterocycles. The summed E-state index contributed by atoms with van der Waals surface area (Å²) in [5.74, 6) is 1.91. The maximum Gasteiger partial charge on any atom is 0.234 e. The molecule has 0 aliphatic carbocycles. The first kappa shape index (κ1) is 25.8. The number of ether oxygens (including phenoxy) is 2. The van der Waals surface area contributed by atoms with Crippen LogP contribution in [0.2, 0.25) is 0 Å². The molecule has 0 bridgehead atoms. The number of thioether (sulfide) groups is 1. The van der Waals surface area contributed by atoms with Crippen molar-refractivity contribution in [2.45, 2.75) is 32.0 Å². The van der Waals surface area contributed by atoms with Crippen molar-refractivity contribution < 1.29 is 14.3 Å². The number of methoxy groups -OCH3 is 1. The van der Waals surface area contributed by atoms with Crippen molar-refractivity contribution in [1.29, 1.82) is 0 Å². The summed E-state index contributed by atoms with van der Waals surface area (Å²) in [5, 5.41) is 12.4. The lowest BCUT2D eigenvalue weighted by Crippen LogP contribution is -2.16. The molecule has 36 heavy (non-hydrogen) atoms. The van der Waals surface area contributed by atoms with E-state index in [0.717, 1.165) is 27.0 Å². The standard InChI is InChI=1S/C27H27BrN4O3S/c1-17-14-21(28)22(15-18(17)2)29-25(33)16-36-27-31-30-26(32(27)20-10-6-5-7-11-20)19(3)35-24-13-9-8-12-23(24)34-4/h5-15,19H,16H2,1-4H3,(H,29,33). The monoisotopic (exact) mass is 566 g/mol. The highest BCUT2D eigenvalue weighted by molar-refractivity contribution is 9.10. The molecule has 1 atom stereocenters. The molecule has 1 amide bonds. The second-order valence-corrected chi connectivity index (χ2v) is 9.97. The van der Waals surface area contributed by atoms with Crippen LogP contribution in [0.4, 0.5) is 5.69 Å². The predicted octanol–water partition coefficient (Wildman–Crippen LogP) is 6.53. The maximum atomic E-state index is 12.8. The Morgan fingerprint density at radius 1 is 1.03 bits per heavy atom. The number of para-hydroxylation sites is 3. The van der Waals surface area contributed by atoms with E-state index in [4.69, 9.17) is 9.47 Å². The van der Waals surface area contributed by atoms with Gasteiger partial charge >= 0.3 is 0 Å². The van der Waals surface area contributed by atoms with Gasteiger partial charge in [-0.05, 0) is 84.2 Å². The van der Waals surface area contributed by atoms with E-state index in [1.165, 1.54) is 11.8 Å². The first-order valence-electron chi connectivity index (χ1n) is 11.4. The second kappa shape index (κ2) is 11.6. The van der Waals surface area contributed by atoms with Crippen LogP contribution in [-0.4, -0.2) is 33.5 Å². The van der Waals surface area contributed by atoms with E-state index in [1.807, 2.05) is 92.1 Å². The summed E-state index contributed by atoms with van der Waals surface area (Å²) in [6, 6.07) is 21.2. The summed E-state index contributed by atoms with van der Waals surface area (Å²) in [6.07, 6.45) is -0.427. The number of anilines is 1. The fourth-order valence-electron chi connectivity index (χ4n) is 3.61. The van der Waals surface area contributed by atoms with E-state index in [0.29, 0.717) is 22.5 Å². The van der Waals surface area contributed by atoms with Gasteiger partial charge in [-0.25, -0.2) is 0 Å². The van der Waals surface area contributed by atoms with Crippen molar-refractivity contribution in [3.63, 3.8) is 0 Å². The molecule has 9 heteroatoms. The minimum Gasteiger partial charge on any atom is -0.493 e. The first-order chi connectivity index (χ1) is 17.4. The molecule has 0 saturated carbocycles. The van der Waals surface area contributed by atoms with Gasteiger partial charge in [0.05, 0.1) is 18.6 Å². The summed E-state index contributed by atoms with van der Waals surface area (Å²) in [7, 11) is 1.61. The van der Waals surface area contributed by atoms with Gasteiger partial charge in [-0.1, -0.05) is 42.1 Å². The Bertz CT molecular complexity index is 1360. The number of rotatable bonds is 9. The molecule has 1 aromatic heterocycles. The molecule has 186 valence electrons. The number of nitrogens with one attached hydrogen (secondary N) is 1. The fourth-order valence-corrected chi connectivity index (χ4v) is 4.93. The van der Waals surface area contributed by atoms with Crippen LogP contribution in [0.15, 0.2) is 76.4 Å². The zero-order valence-electron chi connectivity index (χ0n) is 20.5. The van der Waals surface area contributed by atoms with Gasteiger partial charge in [-0.3, -0.25) is 9.36 Å². The van der Waals surface area contributed by atoms with Gasteiger partial charge in [0.2, 0.25) is 5.91 Å². The Hall–Kier alpha value is -3.30. The third kappa shape index (κ3) is 5.91. The smallest absolute Gasteiger partial charge is 0.234 e. The third-order valence-corrected chi connectivity index (χ3v) is 7.18. The number of aryl methyl sites for hydroxylation is 2. The number of carbonyl (C=O) groups is 1. The van der Waals surface area contributed by atoms with Gasteiger partial charge in [-0.15, -0.1) is 10.2 Å². The molecule has 0 spiro atoms. The molecule has 0 aliphatic rings. The number of benzene rings is 3. The fraction of sp³-hybridized carbons (Fsp3) is 0.222. The Morgan fingerprint density at radius 3 is 2.42 bits per heavy atom. The van der Waals surface area contributed by atoms with Crippen molar-refractivity contribution >= 4 is 39.3 Å². The highest BCUT2D eigenvalue weighted by Gasteiger charge is 2.22. The molecule has 3 aromatic carbocycles. The molecule has 0 radical (unpaired) electrons. The molecular weight excluding hydrogens is 540 g/mol. The van der Waals surface area contributed by atoms with E-state index in [2.05, 4.69) is 31.4 Å². The van der Waals surface area contributed by atoms with Gasteiger partial charge in [0.15, 0.2) is 28.6 Å². The van der Waals surface area contributed by atoms with Gasteiger partial charge in [0, 0.05) is 10.2 Å². The van der Waals surface area contributed by atoms with Crippen molar-refractivity contribution in [3.8, 4) is 17.2 Å². The Morgan fingerprint density at radius 2 is 1.69 bits per heavy atom. The van der Waals surface area contributed by atoms with Crippen LogP contribution in [0.3, 0.4) is 0 Å². The Kier molecular flexibility index (Phi) is 8.32. The quantitative estimate of drug-likeness (QED) is 0.232. The van der Waals surface area contributed by atoms with Gasteiger partial charge in [0.1, 0.15) is 0 Å². The van der Waals surface area contributed by atoms with Crippen molar-refractivity contribution in [2.75, 3.05) is 18.2 Å². The van der Waals surface area contributed by atoms with Crippen molar-refractivity contribution in [3.05, 3.63) is 88.2 Å². The Labute approximate surface area is 223 Å². The number of amides is 1. The largest absolute Gasteiger partial charge is 0.493 e.